The lowest BCUT2D eigenvalue weighted by Gasteiger charge is -2.39. The fourth-order valence-corrected chi connectivity index (χ4v) is 3.31. The van der Waals surface area contributed by atoms with Gasteiger partial charge in [0.25, 0.3) is 5.91 Å². The van der Waals surface area contributed by atoms with E-state index in [0.29, 0.717) is 6.04 Å². The molecular formula is C15H21N3O. The highest BCUT2D eigenvalue weighted by Crippen LogP contribution is 2.34. The van der Waals surface area contributed by atoms with Crippen molar-refractivity contribution in [1.29, 1.82) is 0 Å². The molecule has 1 aromatic rings. The van der Waals surface area contributed by atoms with Crippen LogP contribution in [0, 0.1) is 0 Å². The van der Waals surface area contributed by atoms with Gasteiger partial charge in [-0.3, -0.25) is 10.1 Å². The number of para-hydroxylation sites is 1. The summed E-state index contributed by atoms with van der Waals surface area (Å²) in [5.74, 6) is 0.145. The molecule has 0 radical (unpaired) electrons. The van der Waals surface area contributed by atoms with Crippen LogP contribution < -0.4 is 10.6 Å². The summed E-state index contributed by atoms with van der Waals surface area (Å²) in [7, 11) is 0. The summed E-state index contributed by atoms with van der Waals surface area (Å²) < 4.78 is 0. The maximum absolute atomic E-state index is 12.8. The quantitative estimate of drug-likeness (QED) is 0.854. The van der Waals surface area contributed by atoms with Gasteiger partial charge >= 0.3 is 0 Å². The maximum atomic E-state index is 12.8. The van der Waals surface area contributed by atoms with E-state index in [0.717, 1.165) is 37.2 Å². The lowest BCUT2D eigenvalue weighted by atomic mass is 10.1. The van der Waals surface area contributed by atoms with Crippen LogP contribution in [0.3, 0.4) is 0 Å². The van der Waals surface area contributed by atoms with Gasteiger partial charge in [-0.15, -0.1) is 0 Å². The Hall–Kier alpha value is -1.55. The lowest BCUT2D eigenvalue weighted by Crippen LogP contribution is -2.61. The van der Waals surface area contributed by atoms with E-state index in [1.54, 1.807) is 0 Å². The third-order valence-corrected chi connectivity index (χ3v) is 4.02. The molecule has 3 rings (SSSR count). The van der Waals surface area contributed by atoms with Crippen molar-refractivity contribution >= 4 is 11.6 Å². The van der Waals surface area contributed by atoms with Crippen molar-refractivity contribution < 1.29 is 4.79 Å². The van der Waals surface area contributed by atoms with Gasteiger partial charge in [-0.25, -0.2) is 0 Å². The van der Waals surface area contributed by atoms with Crippen LogP contribution in [-0.4, -0.2) is 35.6 Å². The Balaban J connectivity index is 2.00. The van der Waals surface area contributed by atoms with Gasteiger partial charge in [0.1, 0.15) is 5.66 Å². The molecule has 1 aromatic carbocycles. The second-order valence-electron chi connectivity index (χ2n) is 5.79. The summed E-state index contributed by atoms with van der Waals surface area (Å²) in [5, 5.41) is 7.05. The molecule has 0 saturated carbocycles. The average molecular weight is 259 g/mol. The van der Waals surface area contributed by atoms with Gasteiger partial charge in [0.15, 0.2) is 0 Å². The van der Waals surface area contributed by atoms with Crippen LogP contribution in [0.15, 0.2) is 24.3 Å². The number of anilines is 1. The number of rotatable bonds is 2. The zero-order chi connectivity index (χ0) is 13.5. The summed E-state index contributed by atoms with van der Waals surface area (Å²) in [4.78, 5) is 14.8. The molecule has 0 aromatic heterocycles. The van der Waals surface area contributed by atoms with Crippen LogP contribution in [0.5, 0.6) is 0 Å². The highest BCUT2D eigenvalue weighted by atomic mass is 16.2. The first-order chi connectivity index (χ1) is 9.12. The number of nitrogens with zero attached hydrogens (tertiary/aromatic N) is 1. The first kappa shape index (κ1) is 12.5. The van der Waals surface area contributed by atoms with Crippen molar-refractivity contribution in [2.45, 2.75) is 38.4 Å². The minimum absolute atomic E-state index is 0.145. The number of fused-ring (bicyclic) bond motifs is 2. The predicted octanol–water partition coefficient (Wildman–Crippen LogP) is 2.04. The Morgan fingerprint density at radius 3 is 2.95 bits per heavy atom. The van der Waals surface area contributed by atoms with Crippen LogP contribution in [0.4, 0.5) is 5.69 Å². The molecule has 0 aliphatic carbocycles. The number of hydrogen-bond donors (Lipinski definition) is 2. The van der Waals surface area contributed by atoms with Crippen molar-refractivity contribution in [3.05, 3.63) is 29.8 Å². The van der Waals surface area contributed by atoms with Gasteiger partial charge in [-0.05, 0) is 38.8 Å². The first-order valence-corrected chi connectivity index (χ1v) is 7.05. The van der Waals surface area contributed by atoms with E-state index >= 15 is 0 Å². The molecule has 1 amide bonds. The zero-order valence-corrected chi connectivity index (χ0v) is 11.6. The summed E-state index contributed by atoms with van der Waals surface area (Å²) in [6.45, 7) is 5.88. The Bertz CT molecular complexity index is 500. The maximum Gasteiger partial charge on any atom is 0.257 e. The van der Waals surface area contributed by atoms with E-state index < -0.39 is 0 Å². The van der Waals surface area contributed by atoms with Gasteiger partial charge < -0.3 is 10.2 Å². The van der Waals surface area contributed by atoms with Crippen molar-refractivity contribution in [1.82, 2.24) is 10.2 Å². The minimum Gasteiger partial charge on any atom is -0.381 e. The molecule has 19 heavy (non-hydrogen) atoms. The smallest absolute Gasteiger partial charge is 0.257 e. The van der Waals surface area contributed by atoms with E-state index in [1.807, 2.05) is 29.2 Å². The first-order valence-electron chi connectivity index (χ1n) is 7.05. The summed E-state index contributed by atoms with van der Waals surface area (Å²) >= 11 is 0. The Morgan fingerprint density at radius 2 is 2.16 bits per heavy atom. The molecule has 0 unspecified atom stereocenters. The van der Waals surface area contributed by atoms with Gasteiger partial charge in [0.2, 0.25) is 0 Å². The normalized spacial score (nSPS) is 25.8. The third-order valence-electron chi connectivity index (χ3n) is 4.02. The molecule has 4 heteroatoms. The SMILES string of the molecule is CC(C)N[C@@]12CCCN1C(=O)c1ccccc1NC2. The average Bonchev–Trinajstić information content (AvgIpc) is 2.75. The van der Waals surface area contributed by atoms with Crippen LogP contribution in [0.1, 0.15) is 37.0 Å². The van der Waals surface area contributed by atoms with Gasteiger partial charge in [-0.1, -0.05) is 12.1 Å². The molecule has 102 valence electrons. The second-order valence-corrected chi connectivity index (χ2v) is 5.79. The Labute approximate surface area is 114 Å². The molecule has 2 aliphatic heterocycles. The number of benzene rings is 1. The molecule has 1 saturated heterocycles. The molecule has 0 bridgehead atoms. The van der Waals surface area contributed by atoms with E-state index in [4.69, 9.17) is 0 Å². The van der Waals surface area contributed by atoms with E-state index in [9.17, 15) is 4.79 Å². The second kappa shape index (κ2) is 4.53. The summed E-state index contributed by atoms with van der Waals surface area (Å²) in [5.41, 5.74) is 1.51. The summed E-state index contributed by atoms with van der Waals surface area (Å²) in [6, 6.07) is 8.15. The minimum atomic E-state index is -0.232. The van der Waals surface area contributed by atoms with Crippen LogP contribution in [0.2, 0.25) is 0 Å². The standard InChI is InChI=1S/C15H21N3O/c1-11(2)17-15-8-5-9-18(15)14(19)12-6-3-4-7-13(12)16-10-15/h3-4,6-7,11,16-17H,5,8-10H2,1-2H3/t15-/m0/s1. The van der Waals surface area contributed by atoms with Gasteiger partial charge in [0.05, 0.1) is 12.1 Å². The van der Waals surface area contributed by atoms with Crippen LogP contribution in [0.25, 0.3) is 0 Å². The number of carbonyl (C=O) groups excluding carboxylic acids is 1. The highest BCUT2D eigenvalue weighted by Gasteiger charge is 2.45. The Morgan fingerprint density at radius 1 is 1.37 bits per heavy atom. The van der Waals surface area contributed by atoms with Crippen molar-refractivity contribution in [3.8, 4) is 0 Å². The summed E-state index contributed by atoms with van der Waals surface area (Å²) in [6.07, 6.45) is 2.08. The van der Waals surface area contributed by atoms with E-state index in [1.165, 1.54) is 0 Å². The molecule has 1 fully saturated rings. The fourth-order valence-electron chi connectivity index (χ4n) is 3.31. The van der Waals surface area contributed by atoms with Crippen molar-refractivity contribution in [2.75, 3.05) is 18.4 Å². The van der Waals surface area contributed by atoms with Crippen molar-refractivity contribution in [2.24, 2.45) is 0 Å². The molecule has 0 spiro atoms. The number of amides is 1. The molecule has 1 atom stereocenters. The topological polar surface area (TPSA) is 44.4 Å². The van der Waals surface area contributed by atoms with Crippen LogP contribution >= 0.6 is 0 Å². The third kappa shape index (κ3) is 2.00. The van der Waals surface area contributed by atoms with Gasteiger partial charge in [0, 0.05) is 18.3 Å². The van der Waals surface area contributed by atoms with E-state index in [-0.39, 0.29) is 11.6 Å². The molecule has 4 nitrogen and oxygen atoms in total. The lowest BCUT2D eigenvalue weighted by molar-refractivity contribution is 0.0534. The highest BCUT2D eigenvalue weighted by molar-refractivity contribution is 6.00. The largest absolute Gasteiger partial charge is 0.381 e. The molecule has 2 N–H and O–H groups in total. The number of nitrogens with one attached hydrogen (secondary N) is 2. The van der Waals surface area contributed by atoms with Crippen molar-refractivity contribution in [3.63, 3.8) is 0 Å². The molecule has 2 aliphatic rings. The van der Waals surface area contributed by atoms with Crippen LogP contribution in [-0.2, 0) is 0 Å². The fraction of sp³-hybridized carbons (Fsp3) is 0.533. The predicted molar refractivity (Wildman–Crippen MR) is 76.2 cm³/mol. The Kier molecular flexibility index (Phi) is 2.97. The monoisotopic (exact) mass is 259 g/mol. The molecule has 2 heterocycles. The van der Waals surface area contributed by atoms with E-state index in [2.05, 4.69) is 24.5 Å². The zero-order valence-electron chi connectivity index (χ0n) is 11.6. The number of hydrogen-bond acceptors (Lipinski definition) is 3. The number of carbonyl (C=O) groups is 1. The van der Waals surface area contributed by atoms with Gasteiger partial charge in [-0.2, -0.15) is 0 Å². The molecular weight excluding hydrogens is 238 g/mol.